The molecule has 0 bridgehead atoms. The van der Waals surface area contributed by atoms with E-state index in [9.17, 15) is 13.2 Å². The Labute approximate surface area is 196 Å². The van der Waals surface area contributed by atoms with Gasteiger partial charge in [0, 0.05) is 22.3 Å². The van der Waals surface area contributed by atoms with E-state index >= 15 is 0 Å². The molecule has 0 aliphatic carbocycles. The second kappa shape index (κ2) is 9.17. The van der Waals surface area contributed by atoms with Crippen molar-refractivity contribution < 1.29 is 13.2 Å². The Morgan fingerprint density at radius 2 is 1.78 bits per heavy atom. The molecule has 11 heteroatoms. The molecule has 0 aliphatic heterocycles. The second-order valence-electron chi connectivity index (χ2n) is 6.73. The highest BCUT2D eigenvalue weighted by atomic mass is 35.5. The first-order chi connectivity index (χ1) is 15.3. The first-order valence-corrected chi connectivity index (χ1v) is 11.2. The van der Waals surface area contributed by atoms with Crippen LogP contribution < -0.4 is 0 Å². The van der Waals surface area contributed by atoms with Gasteiger partial charge in [-0.1, -0.05) is 59.2 Å². The number of alkyl halides is 3. The SMILES string of the molecule is CCn1c(SCc2ccc(Cl)cc2Cl)nnc1-c1cnn(-c2ccccc2)c1C(F)(F)F. The molecule has 0 fully saturated rings. The van der Waals surface area contributed by atoms with Gasteiger partial charge in [0.05, 0.1) is 17.4 Å². The molecule has 0 saturated heterocycles. The lowest BCUT2D eigenvalue weighted by atomic mass is 10.2. The summed E-state index contributed by atoms with van der Waals surface area (Å²) in [7, 11) is 0. The maximum atomic E-state index is 14.1. The van der Waals surface area contributed by atoms with Gasteiger partial charge in [-0.2, -0.15) is 18.3 Å². The zero-order valence-corrected chi connectivity index (χ0v) is 19.0. The molecule has 0 N–H and O–H groups in total. The van der Waals surface area contributed by atoms with E-state index in [1.807, 2.05) is 6.92 Å². The third kappa shape index (κ3) is 4.51. The van der Waals surface area contributed by atoms with Crippen LogP contribution in [0.15, 0.2) is 59.9 Å². The van der Waals surface area contributed by atoms with Crippen LogP contribution in [0, 0.1) is 0 Å². The molecule has 4 rings (SSSR count). The molecule has 0 unspecified atom stereocenters. The quantitative estimate of drug-likeness (QED) is 0.276. The third-order valence-corrected chi connectivity index (χ3v) is 6.29. The van der Waals surface area contributed by atoms with Gasteiger partial charge in [-0.3, -0.25) is 0 Å². The lowest BCUT2D eigenvalue weighted by molar-refractivity contribution is -0.142. The van der Waals surface area contributed by atoms with Gasteiger partial charge >= 0.3 is 6.18 Å². The molecule has 166 valence electrons. The number of para-hydroxylation sites is 1. The van der Waals surface area contributed by atoms with E-state index in [1.165, 1.54) is 18.0 Å². The zero-order valence-electron chi connectivity index (χ0n) is 16.6. The van der Waals surface area contributed by atoms with E-state index in [4.69, 9.17) is 23.2 Å². The van der Waals surface area contributed by atoms with Crippen molar-refractivity contribution >= 4 is 35.0 Å². The molecular weight excluding hydrogens is 482 g/mol. The van der Waals surface area contributed by atoms with Crippen molar-refractivity contribution in [3.8, 4) is 17.1 Å². The molecule has 4 aromatic rings. The van der Waals surface area contributed by atoms with E-state index < -0.39 is 11.9 Å². The predicted octanol–water partition coefficient (Wildman–Crippen LogP) is 6.77. The van der Waals surface area contributed by atoms with Crippen LogP contribution in [-0.2, 0) is 18.5 Å². The van der Waals surface area contributed by atoms with Gasteiger partial charge in [0.2, 0.25) is 0 Å². The summed E-state index contributed by atoms with van der Waals surface area (Å²) in [6, 6.07) is 13.3. The number of nitrogens with zero attached hydrogens (tertiary/aromatic N) is 5. The number of benzene rings is 2. The topological polar surface area (TPSA) is 48.5 Å². The van der Waals surface area contributed by atoms with Gasteiger partial charge in [0.25, 0.3) is 0 Å². The van der Waals surface area contributed by atoms with Crippen LogP contribution in [0.5, 0.6) is 0 Å². The summed E-state index contributed by atoms with van der Waals surface area (Å²) in [4.78, 5) is 0. The Morgan fingerprint density at radius 1 is 1.03 bits per heavy atom. The minimum Gasteiger partial charge on any atom is -0.302 e. The van der Waals surface area contributed by atoms with E-state index in [0.717, 1.165) is 10.2 Å². The number of aromatic nitrogens is 5. The van der Waals surface area contributed by atoms with Crippen molar-refractivity contribution in [3.05, 3.63) is 76.0 Å². The lowest BCUT2D eigenvalue weighted by Crippen LogP contribution is -2.15. The Balaban J connectivity index is 1.72. The van der Waals surface area contributed by atoms with E-state index in [2.05, 4.69) is 15.3 Å². The van der Waals surface area contributed by atoms with E-state index in [-0.39, 0.29) is 11.4 Å². The zero-order chi connectivity index (χ0) is 22.9. The number of halogens is 5. The third-order valence-electron chi connectivity index (χ3n) is 4.68. The first kappa shape index (κ1) is 22.7. The summed E-state index contributed by atoms with van der Waals surface area (Å²) < 4.78 is 44.7. The van der Waals surface area contributed by atoms with E-state index in [1.54, 1.807) is 53.1 Å². The van der Waals surface area contributed by atoms with Crippen molar-refractivity contribution in [1.29, 1.82) is 0 Å². The van der Waals surface area contributed by atoms with Crippen molar-refractivity contribution in [2.24, 2.45) is 0 Å². The number of hydrogen-bond acceptors (Lipinski definition) is 4. The normalized spacial score (nSPS) is 11.8. The molecule has 2 aromatic carbocycles. The Bertz CT molecular complexity index is 1240. The molecule has 0 spiro atoms. The minimum absolute atomic E-state index is 0.103. The molecule has 0 amide bonds. The highest BCUT2D eigenvalue weighted by Crippen LogP contribution is 2.39. The summed E-state index contributed by atoms with van der Waals surface area (Å²) in [5, 5.41) is 13.7. The standard InChI is InChI=1S/C21H16Cl2F3N5S/c1-2-30-19(28-29-20(30)32-12-13-8-9-14(22)10-17(13)23)16-11-27-31(18(16)21(24,25)26)15-6-4-3-5-7-15/h3-11H,2,12H2,1H3. The lowest BCUT2D eigenvalue weighted by Gasteiger charge is -2.13. The molecule has 0 aliphatic rings. The average Bonchev–Trinajstić information content (AvgIpc) is 3.37. The maximum absolute atomic E-state index is 14.1. The van der Waals surface area contributed by atoms with Gasteiger partial charge in [-0.15, -0.1) is 10.2 Å². The van der Waals surface area contributed by atoms with Crippen LogP contribution >= 0.6 is 35.0 Å². The largest absolute Gasteiger partial charge is 0.434 e. The monoisotopic (exact) mass is 497 g/mol. The van der Waals surface area contributed by atoms with Crippen molar-refractivity contribution in [1.82, 2.24) is 24.5 Å². The second-order valence-corrected chi connectivity index (χ2v) is 8.51. The van der Waals surface area contributed by atoms with Crippen LogP contribution in [0.1, 0.15) is 18.2 Å². The molecule has 2 aromatic heterocycles. The summed E-state index contributed by atoms with van der Waals surface area (Å²) in [6.07, 6.45) is -3.47. The van der Waals surface area contributed by atoms with Gasteiger partial charge in [0.15, 0.2) is 16.7 Å². The molecule has 0 atom stereocenters. The highest BCUT2D eigenvalue weighted by Gasteiger charge is 2.40. The van der Waals surface area contributed by atoms with Crippen molar-refractivity contribution in [3.63, 3.8) is 0 Å². The highest BCUT2D eigenvalue weighted by molar-refractivity contribution is 7.98. The van der Waals surface area contributed by atoms with Crippen LogP contribution in [-0.4, -0.2) is 24.5 Å². The smallest absolute Gasteiger partial charge is 0.302 e. The van der Waals surface area contributed by atoms with Crippen LogP contribution in [0.3, 0.4) is 0 Å². The summed E-state index contributed by atoms with van der Waals surface area (Å²) in [6.45, 7) is 2.20. The number of hydrogen-bond donors (Lipinski definition) is 0. The van der Waals surface area contributed by atoms with Gasteiger partial charge in [-0.05, 0) is 36.8 Å². The van der Waals surface area contributed by atoms with Crippen molar-refractivity contribution in [2.75, 3.05) is 0 Å². The molecule has 32 heavy (non-hydrogen) atoms. The van der Waals surface area contributed by atoms with Gasteiger partial charge < -0.3 is 4.57 Å². The molecular formula is C21H16Cl2F3N5S. The molecule has 2 heterocycles. The average molecular weight is 498 g/mol. The fourth-order valence-electron chi connectivity index (χ4n) is 3.21. The fraction of sp³-hybridized carbons (Fsp3) is 0.190. The van der Waals surface area contributed by atoms with Crippen LogP contribution in [0.4, 0.5) is 13.2 Å². The van der Waals surface area contributed by atoms with E-state index in [0.29, 0.717) is 33.2 Å². The van der Waals surface area contributed by atoms with Crippen LogP contribution in [0.25, 0.3) is 17.1 Å². The molecule has 0 radical (unpaired) electrons. The summed E-state index contributed by atoms with van der Waals surface area (Å²) in [5.41, 5.74) is 0.108. The number of rotatable bonds is 6. The Hall–Kier alpha value is -2.49. The molecule has 0 saturated carbocycles. The van der Waals surface area contributed by atoms with Gasteiger partial charge in [-0.25, -0.2) is 4.68 Å². The Morgan fingerprint density at radius 3 is 2.44 bits per heavy atom. The Kier molecular flexibility index (Phi) is 6.50. The number of thioether (sulfide) groups is 1. The summed E-state index contributed by atoms with van der Waals surface area (Å²) >= 11 is 13.5. The maximum Gasteiger partial charge on any atom is 0.434 e. The summed E-state index contributed by atoms with van der Waals surface area (Å²) in [5.74, 6) is 0.565. The van der Waals surface area contributed by atoms with Gasteiger partial charge in [0.1, 0.15) is 0 Å². The van der Waals surface area contributed by atoms with Crippen LogP contribution in [0.2, 0.25) is 10.0 Å². The fourth-order valence-corrected chi connectivity index (χ4v) is 4.77. The predicted molar refractivity (Wildman–Crippen MR) is 119 cm³/mol. The first-order valence-electron chi connectivity index (χ1n) is 9.50. The van der Waals surface area contributed by atoms with Crippen molar-refractivity contribution in [2.45, 2.75) is 30.6 Å². The minimum atomic E-state index is -4.64. The molecule has 5 nitrogen and oxygen atoms in total.